The van der Waals surface area contributed by atoms with E-state index in [0.29, 0.717) is 19.4 Å². The van der Waals surface area contributed by atoms with Gasteiger partial charge in [0, 0.05) is 18.6 Å². The maximum atomic E-state index is 13.2. The van der Waals surface area contributed by atoms with Gasteiger partial charge in [-0.1, -0.05) is 0 Å². The van der Waals surface area contributed by atoms with E-state index in [9.17, 15) is 38.9 Å². The predicted molar refractivity (Wildman–Crippen MR) is 141 cm³/mol. The Kier molecular flexibility index (Phi) is 14.8. The molecule has 0 radical (unpaired) electrons. The number of carboxylic acid groups (broad SMARTS) is 2. The van der Waals surface area contributed by atoms with Crippen LogP contribution >= 0.6 is 0 Å². The Bertz CT molecular complexity index is 1130. The summed E-state index contributed by atoms with van der Waals surface area (Å²) >= 11 is 0. The molecule has 17 heteroatoms. The first-order valence-corrected chi connectivity index (χ1v) is 12.6. The van der Waals surface area contributed by atoms with Crippen LogP contribution in [0.4, 0.5) is 5.69 Å². The van der Waals surface area contributed by atoms with Gasteiger partial charge in [-0.25, -0.2) is 0 Å². The molecular weight excluding hydrogens is 548 g/mol. The van der Waals surface area contributed by atoms with Crippen LogP contribution in [-0.2, 0) is 24.0 Å². The van der Waals surface area contributed by atoms with Crippen molar-refractivity contribution >= 4 is 41.3 Å². The van der Waals surface area contributed by atoms with Gasteiger partial charge in [-0.3, -0.25) is 38.9 Å². The minimum atomic E-state index is -1.48. The van der Waals surface area contributed by atoms with Gasteiger partial charge >= 0.3 is 11.9 Å². The van der Waals surface area contributed by atoms with Crippen molar-refractivity contribution in [2.24, 2.45) is 5.73 Å². The standard InChI is InChI=1S/C24H34N6O11/c1-2-41-18-8-6-14(30(39)40)11-15(18)22(36)28-17(7-9-20(32)33)24(38)29-16(5-3-4-10-25)23(37)27-12-19(31)26-13-21(34)35/h6,8,11,16-17H,2-5,7,9-10,12-13,25H2,1H3,(H,26,31)(H,27,37)(H,28,36)(H,29,38)(H,32,33)(H,34,35). The molecule has 0 aliphatic heterocycles. The number of hydrogen-bond acceptors (Lipinski definition) is 10. The van der Waals surface area contributed by atoms with E-state index >= 15 is 0 Å². The van der Waals surface area contributed by atoms with Crippen LogP contribution in [0.5, 0.6) is 5.75 Å². The molecular formula is C24H34N6O11. The predicted octanol–water partition coefficient (Wildman–Crippen LogP) is -1.11. The highest BCUT2D eigenvalue weighted by molar-refractivity contribution is 6.01. The summed E-state index contributed by atoms with van der Waals surface area (Å²) in [7, 11) is 0. The number of amides is 4. The molecule has 0 aliphatic rings. The Balaban J connectivity index is 3.13. The highest BCUT2D eigenvalue weighted by Crippen LogP contribution is 2.24. The number of aliphatic carboxylic acids is 2. The third-order valence-electron chi connectivity index (χ3n) is 5.43. The molecule has 8 N–H and O–H groups in total. The molecule has 2 atom stereocenters. The molecule has 226 valence electrons. The second kappa shape index (κ2) is 17.7. The summed E-state index contributed by atoms with van der Waals surface area (Å²) in [6.07, 6.45) is 0.0208. The number of carbonyl (C=O) groups is 6. The zero-order chi connectivity index (χ0) is 30.9. The number of ether oxygens (including phenoxy) is 1. The number of carboxylic acids is 2. The number of unbranched alkanes of at least 4 members (excludes halogenated alkanes) is 1. The third kappa shape index (κ3) is 12.7. The largest absolute Gasteiger partial charge is 0.493 e. The summed E-state index contributed by atoms with van der Waals surface area (Å²) in [6.45, 7) is 0.794. The molecule has 0 heterocycles. The van der Waals surface area contributed by atoms with Crippen molar-refractivity contribution in [3.05, 3.63) is 33.9 Å². The Labute approximate surface area is 234 Å². The van der Waals surface area contributed by atoms with Gasteiger partial charge in [0.25, 0.3) is 11.6 Å². The fraction of sp³-hybridized carbons (Fsp3) is 0.500. The molecule has 1 aromatic rings. The lowest BCUT2D eigenvalue weighted by Crippen LogP contribution is -2.54. The van der Waals surface area contributed by atoms with Crippen molar-refractivity contribution in [3.8, 4) is 5.75 Å². The Morgan fingerprint density at radius 1 is 0.951 bits per heavy atom. The second-order valence-corrected chi connectivity index (χ2v) is 8.56. The number of hydrogen-bond donors (Lipinski definition) is 7. The molecule has 0 bridgehead atoms. The monoisotopic (exact) mass is 582 g/mol. The topological polar surface area (TPSA) is 269 Å². The summed E-state index contributed by atoms with van der Waals surface area (Å²) in [4.78, 5) is 83.0. The first-order chi connectivity index (χ1) is 19.4. The van der Waals surface area contributed by atoms with Crippen LogP contribution < -0.4 is 31.7 Å². The number of nitro groups is 1. The number of nitrogens with one attached hydrogen (secondary N) is 4. The Hall–Kier alpha value is -4.80. The molecule has 0 spiro atoms. The lowest BCUT2D eigenvalue weighted by Gasteiger charge is -2.23. The molecule has 4 amide bonds. The smallest absolute Gasteiger partial charge is 0.322 e. The molecule has 1 rings (SSSR count). The van der Waals surface area contributed by atoms with Gasteiger partial charge in [0.05, 0.1) is 23.6 Å². The van der Waals surface area contributed by atoms with Crippen LogP contribution in [0.3, 0.4) is 0 Å². The summed E-state index contributed by atoms with van der Waals surface area (Å²) in [5.74, 6) is -6.03. The number of rotatable bonds is 19. The summed E-state index contributed by atoms with van der Waals surface area (Å²) in [6, 6.07) is 0.597. The van der Waals surface area contributed by atoms with E-state index < -0.39 is 77.8 Å². The zero-order valence-corrected chi connectivity index (χ0v) is 22.3. The number of nitrogens with zero attached hydrogens (tertiary/aromatic N) is 1. The van der Waals surface area contributed by atoms with Crippen LogP contribution in [0.25, 0.3) is 0 Å². The van der Waals surface area contributed by atoms with E-state index in [0.717, 1.165) is 12.1 Å². The van der Waals surface area contributed by atoms with Crippen LogP contribution in [0.2, 0.25) is 0 Å². The minimum Gasteiger partial charge on any atom is -0.493 e. The molecule has 0 aliphatic carbocycles. The van der Waals surface area contributed by atoms with Gasteiger partial charge in [0.2, 0.25) is 17.7 Å². The van der Waals surface area contributed by atoms with Crippen molar-refractivity contribution in [3.63, 3.8) is 0 Å². The van der Waals surface area contributed by atoms with E-state index in [1.807, 2.05) is 0 Å². The van der Waals surface area contributed by atoms with Crippen molar-refractivity contribution < 1.29 is 48.6 Å². The highest BCUT2D eigenvalue weighted by atomic mass is 16.6. The molecule has 0 aromatic heterocycles. The number of benzene rings is 1. The Morgan fingerprint density at radius 3 is 2.22 bits per heavy atom. The third-order valence-corrected chi connectivity index (χ3v) is 5.43. The minimum absolute atomic E-state index is 0.00629. The maximum Gasteiger partial charge on any atom is 0.322 e. The lowest BCUT2D eigenvalue weighted by atomic mass is 10.1. The average Bonchev–Trinajstić information content (AvgIpc) is 2.92. The van der Waals surface area contributed by atoms with E-state index in [-0.39, 0.29) is 30.8 Å². The van der Waals surface area contributed by atoms with Crippen LogP contribution in [-0.4, -0.2) is 89.0 Å². The van der Waals surface area contributed by atoms with Crippen molar-refractivity contribution in [2.75, 3.05) is 26.2 Å². The number of carbonyl (C=O) groups excluding carboxylic acids is 4. The van der Waals surface area contributed by atoms with Gasteiger partial charge in [0.15, 0.2) is 0 Å². The quantitative estimate of drug-likeness (QED) is 0.0581. The second-order valence-electron chi connectivity index (χ2n) is 8.56. The molecule has 0 saturated carbocycles. The van der Waals surface area contributed by atoms with Gasteiger partial charge < -0.3 is 42.0 Å². The first kappa shape index (κ1) is 34.2. The van der Waals surface area contributed by atoms with E-state index in [1.165, 1.54) is 6.07 Å². The normalized spacial score (nSPS) is 11.9. The summed E-state index contributed by atoms with van der Waals surface area (Å²) in [5, 5.41) is 38.1. The summed E-state index contributed by atoms with van der Waals surface area (Å²) < 4.78 is 5.35. The van der Waals surface area contributed by atoms with E-state index in [1.54, 1.807) is 6.92 Å². The van der Waals surface area contributed by atoms with Gasteiger partial charge in [0.1, 0.15) is 24.4 Å². The van der Waals surface area contributed by atoms with E-state index in [4.69, 9.17) is 20.7 Å². The fourth-order valence-corrected chi connectivity index (χ4v) is 3.42. The number of nitrogens with two attached hydrogens (primary N) is 1. The lowest BCUT2D eigenvalue weighted by molar-refractivity contribution is -0.384. The molecule has 1 aromatic carbocycles. The van der Waals surface area contributed by atoms with Gasteiger partial charge in [-0.2, -0.15) is 0 Å². The summed E-state index contributed by atoms with van der Waals surface area (Å²) in [5.41, 5.74) is 4.81. The molecule has 41 heavy (non-hydrogen) atoms. The first-order valence-electron chi connectivity index (χ1n) is 12.6. The highest BCUT2D eigenvalue weighted by Gasteiger charge is 2.29. The number of nitro benzene ring substituents is 1. The molecule has 17 nitrogen and oxygen atoms in total. The fourth-order valence-electron chi connectivity index (χ4n) is 3.42. The number of non-ortho nitro benzene ring substituents is 1. The average molecular weight is 583 g/mol. The van der Waals surface area contributed by atoms with Crippen LogP contribution in [0, 0.1) is 10.1 Å². The van der Waals surface area contributed by atoms with E-state index in [2.05, 4.69) is 21.3 Å². The molecule has 2 unspecified atom stereocenters. The van der Waals surface area contributed by atoms with Gasteiger partial charge in [-0.05, 0) is 45.2 Å². The van der Waals surface area contributed by atoms with Crippen molar-refractivity contribution in [2.45, 2.75) is 51.1 Å². The Morgan fingerprint density at radius 2 is 1.63 bits per heavy atom. The zero-order valence-electron chi connectivity index (χ0n) is 22.3. The molecule has 0 saturated heterocycles. The SMILES string of the molecule is CCOc1ccc([N+](=O)[O-])cc1C(=O)NC(CCC(=O)O)C(=O)NC(CCCCN)C(=O)NCC(=O)NCC(=O)O. The van der Waals surface area contributed by atoms with Crippen LogP contribution in [0.1, 0.15) is 49.4 Å². The molecule has 0 fully saturated rings. The van der Waals surface area contributed by atoms with Crippen molar-refractivity contribution in [1.29, 1.82) is 0 Å². The van der Waals surface area contributed by atoms with Crippen molar-refractivity contribution in [1.82, 2.24) is 21.3 Å². The maximum absolute atomic E-state index is 13.2. The van der Waals surface area contributed by atoms with Crippen LogP contribution in [0.15, 0.2) is 18.2 Å². The van der Waals surface area contributed by atoms with Gasteiger partial charge in [-0.15, -0.1) is 0 Å².